The van der Waals surface area contributed by atoms with Gasteiger partial charge in [-0.3, -0.25) is 4.90 Å². The first-order chi connectivity index (χ1) is 11.3. The average Bonchev–Trinajstić information content (AvgIpc) is 3.04. The lowest BCUT2D eigenvalue weighted by molar-refractivity contribution is -0.0634. The summed E-state index contributed by atoms with van der Waals surface area (Å²) in [6, 6.07) is 8.78. The predicted octanol–water partition coefficient (Wildman–Crippen LogP) is 2.49. The fourth-order valence-corrected chi connectivity index (χ4v) is 3.87. The lowest BCUT2D eigenvalue weighted by Gasteiger charge is -2.37. The van der Waals surface area contributed by atoms with E-state index in [0.717, 1.165) is 38.1 Å². The average molecular weight is 319 g/mol. The van der Waals surface area contributed by atoms with Gasteiger partial charge in [0.25, 0.3) is 0 Å². The molecule has 0 spiro atoms. The Morgan fingerprint density at radius 2 is 2.26 bits per heavy atom. The summed E-state index contributed by atoms with van der Waals surface area (Å²) in [6.07, 6.45) is 3.96. The van der Waals surface area contributed by atoms with Crippen LogP contribution in [0.4, 0.5) is 0 Å². The Morgan fingerprint density at radius 1 is 1.35 bits per heavy atom. The first kappa shape index (κ1) is 16.7. The molecule has 3 atom stereocenters. The molecule has 3 unspecified atom stereocenters. The third-order valence-corrected chi connectivity index (χ3v) is 5.22. The van der Waals surface area contributed by atoms with Gasteiger partial charge in [-0.25, -0.2) is 0 Å². The van der Waals surface area contributed by atoms with Gasteiger partial charge in [0.1, 0.15) is 12.4 Å². The monoisotopic (exact) mass is 319 g/mol. The van der Waals surface area contributed by atoms with Gasteiger partial charge < -0.3 is 14.6 Å². The van der Waals surface area contributed by atoms with Gasteiger partial charge in [0.2, 0.25) is 0 Å². The van der Waals surface area contributed by atoms with Crippen molar-refractivity contribution in [3.63, 3.8) is 0 Å². The van der Waals surface area contributed by atoms with Crippen molar-refractivity contribution < 1.29 is 14.6 Å². The van der Waals surface area contributed by atoms with Gasteiger partial charge in [0, 0.05) is 25.1 Å². The first-order valence-corrected chi connectivity index (χ1v) is 8.99. The van der Waals surface area contributed by atoms with E-state index in [1.165, 1.54) is 12.0 Å². The SMILES string of the molecule is CCc1cccc(OCCN2CCCC2C2COCCC2O)c1. The third-order valence-electron chi connectivity index (χ3n) is 5.22. The molecule has 0 saturated carbocycles. The molecular formula is C19H29NO3. The molecular weight excluding hydrogens is 290 g/mol. The minimum atomic E-state index is -0.212. The summed E-state index contributed by atoms with van der Waals surface area (Å²) in [4.78, 5) is 2.48. The molecule has 23 heavy (non-hydrogen) atoms. The highest BCUT2D eigenvalue weighted by Crippen LogP contribution is 2.29. The van der Waals surface area contributed by atoms with E-state index in [2.05, 4.69) is 30.0 Å². The minimum Gasteiger partial charge on any atom is -0.492 e. The quantitative estimate of drug-likeness (QED) is 0.875. The van der Waals surface area contributed by atoms with Gasteiger partial charge in [0.15, 0.2) is 0 Å². The van der Waals surface area contributed by atoms with Crippen LogP contribution in [0.15, 0.2) is 24.3 Å². The predicted molar refractivity (Wildman–Crippen MR) is 90.8 cm³/mol. The lowest BCUT2D eigenvalue weighted by atomic mass is 9.89. The Kier molecular flexibility index (Phi) is 5.92. The smallest absolute Gasteiger partial charge is 0.119 e. The molecule has 2 aliphatic rings. The number of nitrogens with zero attached hydrogens (tertiary/aromatic N) is 1. The van der Waals surface area contributed by atoms with E-state index in [1.54, 1.807) is 0 Å². The molecule has 1 aromatic rings. The molecule has 2 heterocycles. The highest BCUT2D eigenvalue weighted by molar-refractivity contribution is 5.28. The highest BCUT2D eigenvalue weighted by Gasteiger charge is 2.37. The number of aryl methyl sites for hydroxylation is 1. The van der Waals surface area contributed by atoms with Crippen LogP contribution in [0, 0.1) is 5.92 Å². The van der Waals surface area contributed by atoms with E-state index >= 15 is 0 Å². The molecule has 0 aliphatic carbocycles. The van der Waals surface area contributed by atoms with Gasteiger partial charge >= 0.3 is 0 Å². The largest absolute Gasteiger partial charge is 0.492 e. The number of ether oxygens (including phenoxy) is 2. The second-order valence-electron chi connectivity index (χ2n) is 6.69. The highest BCUT2D eigenvalue weighted by atomic mass is 16.5. The fraction of sp³-hybridized carbons (Fsp3) is 0.684. The lowest BCUT2D eigenvalue weighted by Crippen LogP contribution is -2.47. The molecule has 1 N–H and O–H groups in total. The number of hydrogen-bond donors (Lipinski definition) is 1. The summed E-state index contributed by atoms with van der Waals surface area (Å²) in [5.41, 5.74) is 1.31. The zero-order chi connectivity index (χ0) is 16.1. The van der Waals surface area contributed by atoms with Gasteiger partial charge in [-0.1, -0.05) is 19.1 Å². The van der Waals surface area contributed by atoms with Crippen LogP contribution >= 0.6 is 0 Å². The fourth-order valence-electron chi connectivity index (χ4n) is 3.87. The van der Waals surface area contributed by atoms with E-state index in [9.17, 15) is 5.11 Å². The second-order valence-corrected chi connectivity index (χ2v) is 6.69. The number of benzene rings is 1. The molecule has 3 rings (SSSR count). The van der Waals surface area contributed by atoms with Crippen LogP contribution in [0.1, 0.15) is 31.7 Å². The summed E-state index contributed by atoms with van der Waals surface area (Å²) in [6.45, 7) is 6.28. The van der Waals surface area contributed by atoms with Gasteiger partial charge in [-0.15, -0.1) is 0 Å². The van der Waals surface area contributed by atoms with Crippen molar-refractivity contribution in [1.82, 2.24) is 4.90 Å². The summed E-state index contributed by atoms with van der Waals surface area (Å²) in [5.74, 6) is 1.22. The van der Waals surface area contributed by atoms with Crippen molar-refractivity contribution in [2.45, 2.75) is 44.8 Å². The van der Waals surface area contributed by atoms with Crippen LogP contribution in [-0.4, -0.2) is 55.1 Å². The molecule has 0 radical (unpaired) electrons. The number of hydrogen-bond acceptors (Lipinski definition) is 4. The van der Waals surface area contributed by atoms with Gasteiger partial charge in [-0.05, 0) is 49.9 Å². The Balaban J connectivity index is 1.50. The number of rotatable bonds is 6. The zero-order valence-corrected chi connectivity index (χ0v) is 14.1. The van der Waals surface area contributed by atoms with Crippen molar-refractivity contribution in [3.05, 3.63) is 29.8 Å². The topological polar surface area (TPSA) is 41.9 Å². The Bertz CT molecular complexity index is 493. The Hall–Kier alpha value is -1.10. The van der Waals surface area contributed by atoms with Crippen molar-refractivity contribution in [1.29, 1.82) is 0 Å². The summed E-state index contributed by atoms with van der Waals surface area (Å²) in [7, 11) is 0. The van der Waals surface area contributed by atoms with Crippen LogP contribution in [0.2, 0.25) is 0 Å². The van der Waals surface area contributed by atoms with E-state index < -0.39 is 0 Å². The molecule has 0 bridgehead atoms. The van der Waals surface area contributed by atoms with Gasteiger partial charge in [-0.2, -0.15) is 0 Å². The summed E-state index contributed by atoms with van der Waals surface area (Å²) in [5, 5.41) is 10.3. The number of aliphatic hydroxyl groups is 1. The van der Waals surface area contributed by atoms with Crippen molar-refractivity contribution >= 4 is 0 Å². The molecule has 128 valence electrons. The van der Waals surface area contributed by atoms with Gasteiger partial charge in [0.05, 0.1) is 12.7 Å². The number of likely N-dealkylation sites (tertiary alicyclic amines) is 1. The van der Waals surface area contributed by atoms with E-state index in [0.29, 0.717) is 25.9 Å². The van der Waals surface area contributed by atoms with Crippen LogP contribution in [0.5, 0.6) is 5.75 Å². The molecule has 4 heteroatoms. The van der Waals surface area contributed by atoms with Crippen molar-refractivity contribution in [2.75, 3.05) is 32.9 Å². The molecule has 2 aliphatic heterocycles. The first-order valence-electron chi connectivity index (χ1n) is 8.99. The maximum Gasteiger partial charge on any atom is 0.119 e. The molecule has 1 aromatic carbocycles. The van der Waals surface area contributed by atoms with Crippen LogP contribution in [-0.2, 0) is 11.2 Å². The van der Waals surface area contributed by atoms with E-state index in [-0.39, 0.29) is 12.0 Å². The summed E-state index contributed by atoms with van der Waals surface area (Å²) < 4.78 is 11.5. The normalized spacial score (nSPS) is 28.9. The van der Waals surface area contributed by atoms with E-state index in [1.807, 2.05) is 6.07 Å². The molecule has 2 saturated heterocycles. The van der Waals surface area contributed by atoms with Crippen LogP contribution in [0.3, 0.4) is 0 Å². The Morgan fingerprint density at radius 3 is 3.09 bits per heavy atom. The minimum absolute atomic E-state index is 0.212. The van der Waals surface area contributed by atoms with Crippen molar-refractivity contribution in [3.8, 4) is 5.75 Å². The maximum absolute atomic E-state index is 10.3. The van der Waals surface area contributed by atoms with Crippen molar-refractivity contribution in [2.24, 2.45) is 5.92 Å². The van der Waals surface area contributed by atoms with E-state index in [4.69, 9.17) is 9.47 Å². The van der Waals surface area contributed by atoms with Crippen LogP contribution < -0.4 is 4.74 Å². The molecule has 4 nitrogen and oxygen atoms in total. The molecule has 2 fully saturated rings. The maximum atomic E-state index is 10.3. The zero-order valence-electron chi connectivity index (χ0n) is 14.1. The van der Waals surface area contributed by atoms with Crippen LogP contribution in [0.25, 0.3) is 0 Å². The standard InChI is InChI=1S/C19H29NO3/c1-2-15-5-3-6-16(13-15)23-12-10-20-9-4-7-18(20)17-14-22-11-8-19(17)21/h3,5-6,13,17-19,21H,2,4,7-12,14H2,1H3. The molecule has 0 aromatic heterocycles. The summed E-state index contributed by atoms with van der Waals surface area (Å²) >= 11 is 0. The molecule has 0 amide bonds. The number of aliphatic hydroxyl groups excluding tert-OH is 1. The second kappa shape index (κ2) is 8.13. The Labute approximate surface area is 139 Å². The third kappa shape index (κ3) is 4.25.